The molecule has 0 aromatic carbocycles. The molecule has 4 nitrogen and oxygen atoms in total. The second-order valence-electron chi connectivity index (χ2n) is 4.86. The van der Waals surface area contributed by atoms with Gasteiger partial charge in [0.15, 0.2) is 5.76 Å². The topological polar surface area (TPSA) is 41.3 Å². The summed E-state index contributed by atoms with van der Waals surface area (Å²) in [6, 6.07) is 6.79. The summed E-state index contributed by atoms with van der Waals surface area (Å²) in [4.78, 5) is 3.72. The van der Waals surface area contributed by atoms with E-state index >= 15 is 0 Å². The first-order valence-corrected chi connectivity index (χ1v) is 7.38. The van der Waals surface area contributed by atoms with E-state index in [1.165, 1.54) is 4.88 Å². The van der Waals surface area contributed by atoms with Gasteiger partial charge in [-0.3, -0.25) is 4.90 Å². The van der Waals surface area contributed by atoms with Crippen LogP contribution in [0.15, 0.2) is 28.1 Å². The summed E-state index contributed by atoms with van der Waals surface area (Å²) >= 11 is 1.81. The van der Waals surface area contributed by atoms with Crippen LogP contribution in [0, 0.1) is 0 Å². The first kappa shape index (κ1) is 14.2. The molecule has 0 aliphatic carbocycles. The van der Waals surface area contributed by atoms with Crippen LogP contribution >= 0.6 is 11.3 Å². The fraction of sp³-hybridized carbons (Fsp3) is 0.500. The Hall–Kier alpha value is -1.17. The maximum atomic E-state index is 5.34. The lowest BCUT2D eigenvalue weighted by molar-refractivity contribution is 0.218. The highest BCUT2D eigenvalue weighted by molar-refractivity contribution is 7.09. The Balaban J connectivity index is 1.86. The highest BCUT2D eigenvalue weighted by Gasteiger charge is 2.13. The van der Waals surface area contributed by atoms with Crippen molar-refractivity contribution in [1.29, 1.82) is 0 Å². The van der Waals surface area contributed by atoms with Gasteiger partial charge in [0.2, 0.25) is 0 Å². The van der Waals surface area contributed by atoms with E-state index < -0.39 is 0 Å². The summed E-state index contributed by atoms with van der Waals surface area (Å²) in [5.41, 5.74) is 0.955. The molecule has 2 aromatic rings. The van der Waals surface area contributed by atoms with Crippen LogP contribution in [0.25, 0.3) is 0 Å². The third kappa shape index (κ3) is 4.16. The van der Waals surface area contributed by atoms with Gasteiger partial charge in [-0.1, -0.05) is 11.2 Å². The Bertz CT molecular complexity index is 481. The van der Waals surface area contributed by atoms with E-state index in [4.69, 9.17) is 4.52 Å². The molecule has 0 spiro atoms. The van der Waals surface area contributed by atoms with Crippen LogP contribution in [-0.2, 0) is 19.5 Å². The van der Waals surface area contributed by atoms with Crippen molar-refractivity contribution in [2.75, 3.05) is 14.1 Å². The Morgan fingerprint density at radius 1 is 1.53 bits per heavy atom. The van der Waals surface area contributed by atoms with Crippen molar-refractivity contribution in [3.05, 3.63) is 39.9 Å². The number of nitrogens with one attached hydrogen (secondary N) is 1. The lowest BCUT2D eigenvalue weighted by atomic mass is 10.2. The van der Waals surface area contributed by atoms with Crippen molar-refractivity contribution >= 4 is 11.3 Å². The highest BCUT2D eigenvalue weighted by atomic mass is 32.1. The summed E-state index contributed by atoms with van der Waals surface area (Å²) in [6.45, 7) is 3.78. The van der Waals surface area contributed by atoms with Crippen molar-refractivity contribution < 1.29 is 4.52 Å². The van der Waals surface area contributed by atoms with Crippen molar-refractivity contribution in [3.63, 3.8) is 0 Å². The number of thiophene rings is 1. The fourth-order valence-corrected chi connectivity index (χ4v) is 2.80. The Kier molecular flexibility index (Phi) is 5.13. The lowest BCUT2D eigenvalue weighted by Gasteiger charge is -2.22. The van der Waals surface area contributed by atoms with Gasteiger partial charge in [0.05, 0.1) is 12.2 Å². The quantitative estimate of drug-likeness (QED) is 0.845. The molecule has 19 heavy (non-hydrogen) atoms. The van der Waals surface area contributed by atoms with Gasteiger partial charge < -0.3 is 9.84 Å². The molecule has 0 bridgehead atoms. The van der Waals surface area contributed by atoms with Crippen molar-refractivity contribution in [1.82, 2.24) is 15.4 Å². The van der Waals surface area contributed by atoms with Gasteiger partial charge in [0.25, 0.3) is 0 Å². The number of hydrogen-bond donors (Lipinski definition) is 1. The van der Waals surface area contributed by atoms with Crippen LogP contribution in [0.3, 0.4) is 0 Å². The van der Waals surface area contributed by atoms with Crippen LogP contribution < -0.4 is 5.32 Å². The summed E-state index contributed by atoms with van der Waals surface area (Å²) in [5.74, 6) is 0.922. The SMILES string of the molecule is CNCc1cc(CN(C)C(C)Cc2cccs2)on1. The average molecular weight is 279 g/mol. The van der Waals surface area contributed by atoms with E-state index in [0.717, 1.165) is 31.0 Å². The first-order chi connectivity index (χ1) is 9.19. The molecule has 0 saturated heterocycles. The molecule has 1 N–H and O–H groups in total. The van der Waals surface area contributed by atoms with E-state index in [1.54, 1.807) is 0 Å². The van der Waals surface area contributed by atoms with Crippen molar-refractivity contribution in [2.24, 2.45) is 0 Å². The van der Waals surface area contributed by atoms with Gasteiger partial charge in [-0.2, -0.15) is 0 Å². The van der Waals surface area contributed by atoms with Gasteiger partial charge >= 0.3 is 0 Å². The second-order valence-corrected chi connectivity index (χ2v) is 5.89. The highest BCUT2D eigenvalue weighted by Crippen LogP contribution is 2.15. The van der Waals surface area contributed by atoms with E-state index in [2.05, 4.69) is 46.9 Å². The second kappa shape index (κ2) is 6.84. The van der Waals surface area contributed by atoms with Crippen LogP contribution in [0.1, 0.15) is 23.3 Å². The first-order valence-electron chi connectivity index (χ1n) is 6.50. The van der Waals surface area contributed by atoms with Crippen molar-refractivity contribution in [3.8, 4) is 0 Å². The van der Waals surface area contributed by atoms with Gasteiger partial charge in [-0.15, -0.1) is 11.3 Å². The van der Waals surface area contributed by atoms with Gasteiger partial charge in [0.1, 0.15) is 0 Å². The van der Waals surface area contributed by atoms with Crippen LogP contribution in [0.2, 0.25) is 0 Å². The average Bonchev–Trinajstić information content (AvgIpc) is 3.02. The molecule has 0 fully saturated rings. The fourth-order valence-electron chi connectivity index (χ4n) is 1.97. The van der Waals surface area contributed by atoms with Crippen LogP contribution in [0.5, 0.6) is 0 Å². The van der Waals surface area contributed by atoms with Crippen LogP contribution in [-0.4, -0.2) is 30.2 Å². The molecule has 0 radical (unpaired) electrons. The Morgan fingerprint density at radius 2 is 2.37 bits per heavy atom. The monoisotopic (exact) mass is 279 g/mol. The van der Waals surface area contributed by atoms with Gasteiger partial charge in [-0.05, 0) is 38.9 Å². The molecular formula is C14H21N3OS. The number of likely N-dealkylation sites (N-methyl/N-ethyl adjacent to an activating group) is 1. The molecule has 0 aliphatic heterocycles. The minimum Gasteiger partial charge on any atom is -0.360 e. The molecule has 1 atom stereocenters. The third-order valence-electron chi connectivity index (χ3n) is 3.20. The minimum absolute atomic E-state index is 0.483. The predicted octanol–water partition coefficient (Wildman–Crippen LogP) is 2.52. The zero-order valence-electron chi connectivity index (χ0n) is 11.7. The summed E-state index contributed by atoms with van der Waals surface area (Å²) in [5, 5.41) is 9.23. The van der Waals surface area contributed by atoms with E-state index in [9.17, 15) is 0 Å². The van der Waals surface area contributed by atoms with E-state index in [1.807, 2.05) is 24.5 Å². The molecule has 0 amide bonds. The van der Waals surface area contributed by atoms with Crippen LogP contribution in [0.4, 0.5) is 0 Å². The number of nitrogens with zero attached hydrogens (tertiary/aromatic N) is 2. The van der Waals surface area contributed by atoms with E-state index in [0.29, 0.717) is 6.04 Å². The lowest BCUT2D eigenvalue weighted by Crippen LogP contribution is -2.30. The molecule has 1 unspecified atom stereocenters. The Labute approximate surface area is 118 Å². The molecule has 2 heterocycles. The van der Waals surface area contributed by atoms with Gasteiger partial charge in [0, 0.05) is 23.5 Å². The van der Waals surface area contributed by atoms with Crippen molar-refractivity contribution in [2.45, 2.75) is 32.5 Å². The van der Waals surface area contributed by atoms with Gasteiger partial charge in [-0.25, -0.2) is 0 Å². The molecule has 104 valence electrons. The number of hydrogen-bond acceptors (Lipinski definition) is 5. The summed E-state index contributed by atoms with van der Waals surface area (Å²) in [7, 11) is 4.03. The Morgan fingerprint density at radius 3 is 3.05 bits per heavy atom. The zero-order valence-corrected chi connectivity index (χ0v) is 12.5. The normalized spacial score (nSPS) is 13.1. The maximum Gasteiger partial charge on any atom is 0.151 e. The minimum atomic E-state index is 0.483. The standard InChI is InChI=1S/C14H21N3OS/c1-11(7-14-5-4-6-19-14)17(3)10-13-8-12(9-15-2)16-18-13/h4-6,8,11,15H,7,9-10H2,1-3H3. The molecular weight excluding hydrogens is 258 g/mol. The third-order valence-corrected chi connectivity index (χ3v) is 4.10. The molecule has 2 rings (SSSR count). The largest absolute Gasteiger partial charge is 0.360 e. The molecule has 0 saturated carbocycles. The molecule has 0 aliphatic rings. The summed E-state index contributed by atoms with van der Waals surface area (Å²) in [6.07, 6.45) is 1.08. The van der Waals surface area contributed by atoms with E-state index in [-0.39, 0.29) is 0 Å². The number of rotatable bonds is 7. The molecule has 2 aromatic heterocycles. The smallest absolute Gasteiger partial charge is 0.151 e. The zero-order chi connectivity index (χ0) is 13.7. The summed E-state index contributed by atoms with van der Waals surface area (Å²) < 4.78 is 5.34. The maximum absolute atomic E-state index is 5.34. The number of aromatic nitrogens is 1. The predicted molar refractivity (Wildman–Crippen MR) is 78.2 cm³/mol. The molecule has 5 heteroatoms.